The molecule has 0 saturated carbocycles. The van der Waals surface area contributed by atoms with Gasteiger partial charge in [0.05, 0.1) is 30.5 Å². The van der Waals surface area contributed by atoms with Crippen molar-refractivity contribution in [3.8, 4) is 0 Å². The van der Waals surface area contributed by atoms with Crippen molar-refractivity contribution in [3.05, 3.63) is 34.3 Å². The summed E-state index contributed by atoms with van der Waals surface area (Å²) in [6.07, 6.45) is -6.20. The van der Waals surface area contributed by atoms with E-state index in [4.69, 9.17) is 24.5 Å². The molecule has 0 bridgehead atoms. The lowest BCUT2D eigenvalue weighted by molar-refractivity contribution is -0.193. The number of aliphatic carboxylic acids is 2. The number of fused-ring (bicyclic) bond motifs is 1. The zero-order chi connectivity index (χ0) is 26.8. The van der Waals surface area contributed by atoms with E-state index in [0.717, 1.165) is 49.3 Å². The van der Waals surface area contributed by atoms with E-state index >= 15 is 0 Å². The van der Waals surface area contributed by atoms with Gasteiger partial charge in [0.15, 0.2) is 0 Å². The van der Waals surface area contributed by atoms with Gasteiger partial charge in [-0.2, -0.15) is 26.3 Å². The first-order valence-corrected chi connectivity index (χ1v) is 10.8. The summed E-state index contributed by atoms with van der Waals surface area (Å²) in [5.74, 6) is -3.85. The second-order valence-electron chi connectivity index (χ2n) is 7.17. The first-order chi connectivity index (χ1) is 16.1. The van der Waals surface area contributed by atoms with Crippen LogP contribution in [0.25, 0.3) is 0 Å². The number of hydrogen-bond donors (Lipinski definition) is 2. The third kappa shape index (κ3) is 11.5. The van der Waals surface area contributed by atoms with Crippen LogP contribution in [0.2, 0.25) is 0 Å². The Morgan fingerprint density at radius 2 is 1.71 bits per heavy atom. The summed E-state index contributed by atoms with van der Waals surface area (Å²) in [5, 5.41) is 17.4. The van der Waals surface area contributed by atoms with Gasteiger partial charge in [-0.15, -0.1) is 11.3 Å². The van der Waals surface area contributed by atoms with E-state index in [9.17, 15) is 26.3 Å². The second-order valence-corrected chi connectivity index (χ2v) is 8.23. The quantitative estimate of drug-likeness (QED) is 0.559. The number of carboxylic acid groups (broad SMARTS) is 2. The van der Waals surface area contributed by atoms with E-state index < -0.39 is 24.3 Å². The molecule has 2 aromatic heterocycles. The SMILES string of the molecule is CCN1Cc2nccn2CC(COCc2csc(C)n2)C1.O=C(O)C(F)(F)F.O=C(O)C(F)(F)F. The van der Waals surface area contributed by atoms with Gasteiger partial charge in [0.2, 0.25) is 0 Å². The van der Waals surface area contributed by atoms with Crippen LogP contribution in [0.4, 0.5) is 26.3 Å². The minimum absolute atomic E-state index is 0.500. The molecule has 0 aliphatic carbocycles. The number of carbonyl (C=O) groups is 2. The van der Waals surface area contributed by atoms with Gasteiger partial charge < -0.3 is 19.5 Å². The molecule has 35 heavy (non-hydrogen) atoms. The van der Waals surface area contributed by atoms with Crippen LogP contribution in [-0.2, 0) is 34.0 Å². The fourth-order valence-electron chi connectivity index (χ4n) is 2.77. The van der Waals surface area contributed by atoms with Crippen molar-refractivity contribution in [2.24, 2.45) is 5.92 Å². The minimum atomic E-state index is -5.08. The van der Waals surface area contributed by atoms with Gasteiger partial charge >= 0.3 is 24.3 Å². The predicted octanol–water partition coefficient (Wildman–Crippen LogP) is 3.58. The molecule has 0 saturated heterocycles. The highest BCUT2D eigenvalue weighted by molar-refractivity contribution is 7.09. The Labute approximate surface area is 200 Å². The molecule has 1 atom stereocenters. The lowest BCUT2D eigenvalue weighted by Gasteiger charge is -2.22. The number of ether oxygens (including phenoxy) is 1. The number of aryl methyl sites for hydroxylation is 1. The maximum atomic E-state index is 10.6. The number of rotatable bonds is 5. The third-order valence-electron chi connectivity index (χ3n) is 4.34. The van der Waals surface area contributed by atoms with E-state index in [-0.39, 0.29) is 0 Å². The molecule has 3 rings (SSSR count). The van der Waals surface area contributed by atoms with Gasteiger partial charge in [-0.3, -0.25) is 4.90 Å². The number of thiazole rings is 1. The zero-order valence-electron chi connectivity index (χ0n) is 18.6. The molecule has 2 aromatic rings. The number of alkyl halides is 6. The van der Waals surface area contributed by atoms with Crippen molar-refractivity contribution < 1.29 is 50.9 Å². The fourth-order valence-corrected chi connectivity index (χ4v) is 3.37. The van der Waals surface area contributed by atoms with Crippen LogP contribution in [0, 0.1) is 12.8 Å². The molecule has 0 aromatic carbocycles. The Morgan fingerprint density at radius 3 is 2.17 bits per heavy atom. The highest BCUT2D eigenvalue weighted by Gasteiger charge is 2.38. The first kappa shape index (κ1) is 30.3. The average molecular weight is 534 g/mol. The number of halogens is 6. The number of imidazole rings is 1. The molecule has 1 aliphatic rings. The third-order valence-corrected chi connectivity index (χ3v) is 5.16. The molecule has 0 radical (unpaired) electrons. The highest BCUT2D eigenvalue weighted by atomic mass is 32.1. The monoisotopic (exact) mass is 534 g/mol. The van der Waals surface area contributed by atoms with Gasteiger partial charge in [0.1, 0.15) is 5.82 Å². The molecule has 16 heteroatoms. The van der Waals surface area contributed by atoms with E-state index in [0.29, 0.717) is 12.5 Å². The van der Waals surface area contributed by atoms with Gasteiger partial charge in [-0.1, -0.05) is 6.92 Å². The van der Waals surface area contributed by atoms with Crippen LogP contribution < -0.4 is 0 Å². The van der Waals surface area contributed by atoms with Crippen LogP contribution in [0.3, 0.4) is 0 Å². The standard InChI is InChI=1S/C15H22N4OS.2C2HF3O2/c1-3-18-6-13(7-19-5-4-16-15(19)8-18)9-20-10-14-11-21-12(2)17-14;2*3-2(4,5)1(6)7/h4-5,11,13H,3,6-10H2,1-2H3;2*(H,6,7). The van der Waals surface area contributed by atoms with E-state index in [2.05, 4.69) is 37.9 Å². The second kappa shape index (κ2) is 13.4. The van der Waals surface area contributed by atoms with Gasteiger partial charge in [-0.25, -0.2) is 19.6 Å². The van der Waals surface area contributed by atoms with Crippen LogP contribution in [0.15, 0.2) is 17.8 Å². The summed E-state index contributed by atoms with van der Waals surface area (Å²) in [5.41, 5.74) is 1.04. The molecule has 1 unspecified atom stereocenters. The maximum absolute atomic E-state index is 10.6. The molecule has 198 valence electrons. The smallest absolute Gasteiger partial charge is 0.475 e. The van der Waals surface area contributed by atoms with Gasteiger partial charge in [0.25, 0.3) is 0 Å². The minimum Gasteiger partial charge on any atom is -0.475 e. The maximum Gasteiger partial charge on any atom is 0.490 e. The highest BCUT2D eigenvalue weighted by Crippen LogP contribution is 2.17. The van der Waals surface area contributed by atoms with Gasteiger partial charge in [0, 0.05) is 36.8 Å². The molecule has 2 N–H and O–H groups in total. The number of carboxylic acids is 2. The molecule has 3 heterocycles. The average Bonchev–Trinajstić information content (AvgIpc) is 3.31. The Balaban J connectivity index is 0.000000362. The van der Waals surface area contributed by atoms with Gasteiger partial charge in [-0.05, 0) is 13.5 Å². The summed E-state index contributed by atoms with van der Waals surface area (Å²) in [6, 6.07) is 0. The van der Waals surface area contributed by atoms with Crippen molar-refractivity contribution in [2.45, 2.75) is 45.9 Å². The number of nitrogens with zero attached hydrogens (tertiary/aromatic N) is 4. The van der Waals surface area contributed by atoms with E-state index in [1.165, 1.54) is 0 Å². The van der Waals surface area contributed by atoms with Crippen LogP contribution in [-0.4, -0.2) is 73.6 Å². The van der Waals surface area contributed by atoms with Crippen molar-refractivity contribution >= 4 is 23.3 Å². The molecule has 1 aliphatic heterocycles. The molecule has 0 amide bonds. The normalized spacial score (nSPS) is 16.2. The molecule has 9 nitrogen and oxygen atoms in total. The van der Waals surface area contributed by atoms with E-state index in [1.807, 2.05) is 13.1 Å². The van der Waals surface area contributed by atoms with Crippen molar-refractivity contribution in [3.63, 3.8) is 0 Å². The Morgan fingerprint density at radius 1 is 1.14 bits per heavy atom. The summed E-state index contributed by atoms with van der Waals surface area (Å²) in [4.78, 5) is 29.1. The Bertz CT molecular complexity index is 923. The van der Waals surface area contributed by atoms with Crippen molar-refractivity contribution in [1.82, 2.24) is 19.4 Å². The topological polar surface area (TPSA) is 118 Å². The molecule has 0 spiro atoms. The largest absolute Gasteiger partial charge is 0.490 e. The summed E-state index contributed by atoms with van der Waals surface area (Å²) < 4.78 is 71.6. The lowest BCUT2D eigenvalue weighted by Crippen LogP contribution is -2.30. The summed E-state index contributed by atoms with van der Waals surface area (Å²) >= 11 is 1.68. The summed E-state index contributed by atoms with van der Waals surface area (Å²) in [6.45, 7) is 9.65. The summed E-state index contributed by atoms with van der Waals surface area (Å²) in [7, 11) is 0. The fraction of sp³-hybridized carbons (Fsp3) is 0.579. The molecular weight excluding hydrogens is 510 g/mol. The van der Waals surface area contributed by atoms with Crippen molar-refractivity contribution in [1.29, 1.82) is 0 Å². The van der Waals surface area contributed by atoms with E-state index in [1.54, 1.807) is 11.3 Å². The van der Waals surface area contributed by atoms with Crippen LogP contribution in [0.5, 0.6) is 0 Å². The number of hydrogen-bond acceptors (Lipinski definition) is 7. The molecule has 0 fully saturated rings. The van der Waals surface area contributed by atoms with Crippen LogP contribution >= 0.6 is 11.3 Å². The predicted molar refractivity (Wildman–Crippen MR) is 111 cm³/mol. The number of aromatic nitrogens is 3. The van der Waals surface area contributed by atoms with Crippen molar-refractivity contribution in [2.75, 3.05) is 19.7 Å². The van der Waals surface area contributed by atoms with Crippen LogP contribution in [0.1, 0.15) is 23.4 Å². The Kier molecular flexibility index (Phi) is 11.6. The Hall–Kier alpha value is -2.72. The first-order valence-electron chi connectivity index (χ1n) is 9.94. The zero-order valence-corrected chi connectivity index (χ0v) is 19.5. The lowest BCUT2D eigenvalue weighted by atomic mass is 10.1. The molecular formula is C19H24F6N4O5S.